The predicted molar refractivity (Wildman–Crippen MR) is 51.3 cm³/mol. The Morgan fingerprint density at radius 2 is 2.27 bits per heavy atom. The zero-order chi connectivity index (χ0) is 8.32. The standard InChI is InChI=1S/C9H15Cl2/c1-2-6-9(11)7-4-3-5-8(9)10/h6,8H,2-5,7H2,1H3. The molecule has 65 valence electrons. The Bertz CT molecular complexity index is 121. The summed E-state index contributed by atoms with van der Waals surface area (Å²) in [6, 6.07) is 0. The summed E-state index contributed by atoms with van der Waals surface area (Å²) in [7, 11) is 0. The molecule has 1 radical (unpaired) electrons. The average molecular weight is 194 g/mol. The minimum atomic E-state index is -0.200. The highest BCUT2D eigenvalue weighted by Gasteiger charge is 2.36. The maximum atomic E-state index is 6.34. The lowest BCUT2D eigenvalue weighted by Gasteiger charge is -2.35. The summed E-state index contributed by atoms with van der Waals surface area (Å²) in [6.07, 6.45) is 7.76. The van der Waals surface area contributed by atoms with E-state index in [1.54, 1.807) is 0 Å². The monoisotopic (exact) mass is 193 g/mol. The van der Waals surface area contributed by atoms with Crippen molar-refractivity contribution in [2.75, 3.05) is 0 Å². The van der Waals surface area contributed by atoms with Gasteiger partial charge in [0.25, 0.3) is 0 Å². The first-order valence-electron chi connectivity index (χ1n) is 4.36. The molecule has 11 heavy (non-hydrogen) atoms. The molecular weight excluding hydrogens is 179 g/mol. The van der Waals surface area contributed by atoms with Gasteiger partial charge in [0.15, 0.2) is 0 Å². The Kier molecular flexibility index (Phi) is 3.52. The summed E-state index contributed by atoms with van der Waals surface area (Å²) in [4.78, 5) is -0.200. The molecule has 1 aliphatic rings. The molecule has 2 atom stereocenters. The summed E-state index contributed by atoms with van der Waals surface area (Å²) in [6.45, 7) is 2.11. The van der Waals surface area contributed by atoms with E-state index in [9.17, 15) is 0 Å². The zero-order valence-corrected chi connectivity index (χ0v) is 8.46. The van der Waals surface area contributed by atoms with Gasteiger partial charge in [0.05, 0.1) is 10.3 Å². The molecule has 0 aromatic carbocycles. The van der Waals surface area contributed by atoms with E-state index in [0.29, 0.717) is 0 Å². The van der Waals surface area contributed by atoms with Crippen LogP contribution in [-0.2, 0) is 0 Å². The first kappa shape index (κ1) is 9.67. The third-order valence-electron chi connectivity index (χ3n) is 2.33. The van der Waals surface area contributed by atoms with Crippen LogP contribution in [0.25, 0.3) is 0 Å². The molecule has 2 heteroatoms. The minimum Gasteiger partial charge on any atom is -0.121 e. The zero-order valence-electron chi connectivity index (χ0n) is 6.95. The second-order valence-corrected chi connectivity index (χ2v) is 4.48. The Morgan fingerprint density at radius 1 is 1.55 bits per heavy atom. The SMILES string of the molecule is CC[CH]C1(Cl)CCCCC1Cl. The van der Waals surface area contributed by atoms with Crippen molar-refractivity contribution in [3.8, 4) is 0 Å². The van der Waals surface area contributed by atoms with Crippen LogP contribution >= 0.6 is 23.2 Å². The molecule has 1 rings (SSSR count). The van der Waals surface area contributed by atoms with Crippen LogP contribution in [-0.4, -0.2) is 10.3 Å². The Hall–Kier alpha value is 0.580. The van der Waals surface area contributed by atoms with Crippen molar-refractivity contribution < 1.29 is 0 Å². The third kappa shape index (κ3) is 2.26. The quantitative estimate of drug-likeness (QED) is 0.587. The smallest absolute Gasteiger partial charge is 0.0641 e. The van der Waals surface area contributed by atoms with Crippen LogP contribution in [0.1, 0.15) is 39.0 Å². The first-order valence-corrected chi connectivity index (χ1v) is 5.18. The highest BCUT2D eigenvalue weighted by atomic mass is 35.5. The van der Waals surface area contributed by atoms with Gasteiger partial charge in [0.2, 0.25) is 0 Å². The lowest BCUT2D eigenvalue weighted by molar-refractivity contribution is 0.427. The Labute approximate surface area is 79.3 Å². The molecule has 0 spiro atoms. The van der Waals surface area contributed by atoms with E-state index in [2.05, 4.69) is 13.3 Å². The van der Waals surface area contributed by atoms with E-state index in [1.807, 2.05) is 0 Å². The number of rotatable bonds is 2. The fourth-order valence-corrected chi connectivity index (χ4v) is 2.43. The molecule has 0 aliphatic heterocycles. The summed E-state index contributed by atoms with van der Waals surface area (Å²) in [5, 5.41) is 0.151. The van der Waals surface area contributed by atoms with Gasteiger partial charge in [0, 0.05) is 0 Å². The van der Waals surface area contributed by atoms with Crippen molar-refractivity contribution in [2.24, 2.45) is 0 Å². The van der Waals surface area contributed by atoms with Gasteiger partial charge in [-0.15, -0.1) is 23.2 Å². The van der Waals surface area contributed by atoms with Gasteiger partial charge in [-0.3, -0.25) is 0 Å². The largest absolute Gasteiger partial charge is 0.121 e. The lowest BCUT2D eigenvalue weighted by atomic mass is 9.85. The minimum absolute atomic E-state index is 0.151. The normalized spacial score (nSPS) is 39.0. The van der Waals surface area contributed by atoms with Gasteiger partial charge in [-0.1, -0.05) is 26.2 Å². The van der Waals surface area contributed by atoms with Crippen molar-refractivity contribution in [1.29, 1.82) is 0 Å². The highest BCUT2D eigenvalue weighted by Crippen LogP contribution is 2.40. The summed E-state index contributed by atoms with van der Waals surface area (Å²) in [5.41, 5.74) is 0. The maximum absolute atomic E-state index is 6.34. The molecule has 0 nitrogen and oxygen atoms in total. The van der Waals surface area contributed by atoms with Crippen molar-refractivity contribution >= 4 is 23.2 Å². The van der Waals surface area contributed by atoms with Crippen LogP contribution in [0, 0.1) is 6.42 Å². The molecule has 2 unspecified atom stereocenters. The molecular formula is C9H15Cl2. The fourth-order valence-electron chi connectivity index (χ4n) is 1.69. The number of halogens is 2. The average Bonchev–Trinajstić information content (AvgIpc) is 1.96. The van der Waals surface area contributed by atoms with Crippen LogP contribution in [0.15, 0.2) is 0 Å². The molecule has 0 N–H and O–H groups in total. The van der Waals surface area contributed by atoms with Crippen molar-refractivity contribution in [3.63, 3.8) is 0 Å². The van der Waals surface area contributed by atoms with E-state index in [0.717, 1.165) is 19.3 Å². The van der Waals surface area contributed by atoms with Crippen LogP contribution in [0.3, 0.4) is 0 Å². The molecule has 0 bridgehead atoms. The van der Waals surface area contributed by atoms with E-state index < -0.39 is 0 Å². The topological polar surface area (TPSA) is 0 Å². The van der Waals surface area contributed by atoms with E-state index in [-0.39, 0.29) is 10.3 Å². The molecule has 0 heterocycles. The first-order chi connectivity index (χ1) is 5.19. The number of alkyl halides is 2. The predicted octanol–water partition coefficient (Wildman–Crippen LogP) is 3.76. The molecule has 0 amide bonds. The lowest BCUT2D eigenvalue weighted by Crippen LogP contribution is -2.36. The molecule has 1 saturated carbocycles. The van der Waals surface area contributed by atoms with Crippen molar-refractivity contribution in [2.45, 2.75) is 49.3 Å². The second-order valence-electron chi connectivity index (χ2n) is 3.25. The molecule has 0 aromatic rings. The molecule has 1 aliphatic carbocycles. The van der Waals surface area contributed by atoms with Gasteiger partial charge in [-0.2, -0.15) is 0 Å². The van der Waals surface area contributed by atoms with E-state index in [4.69, 9.17) is 23.2 Å². The highest BCUT2D eigenvalue weighted by molar-refractivity contribution is 6.33. The van der Waals surface area contributed by atoms with E-state index in [1.165, 1.54) is 12.8 Å². The fraction of sp³-hybridized carbons (Fsp3) is 0.889. The van der Waals surface area contributed by atoms with Crippen molar-refractivity contribution in [3.05, 3.63) is 6.42 Å². The molecule has 0 aromatic heterocycles. The van der Waals surface area contributed by atoms with Gasteiger partial charge >= 0.3 is 0 Å². The molecule has 0 saturated heterocycles. The van der Waals surface area contributed by atoms with Crippen molar-refractivity contribution in [1.82, 2.24) is 0 Å². The van der Waals surface area contributed by atoms with Crippen LogP contribution in [0.5, 0.6) is 0 Å². The summed E-state index contributed by atoms with van der Waals surface area (Å²) < 4.78 is 0. The van der Waals surface area contributed by atoms with E-state index >= 15 is 0 Å². The number of hydrogen-bond acceptors (Lipinski definition) is 0. The number of hydrogen-bond donors (Lipinski definition) is 0. The Morgan fingerprint density at radius 3 is 2.82 bits per heavy atom. The third-order valence-corrected chi connectivity index (χ3v) is 3.66. The second kappa shape index (κ2) is 4.00. The van der Waals surface area contributed by atoms with Gasteiger partial charge < -0.3 is 0 Å². The van der Waals surface area contributed by atoms with Crippen LogP contribution in [0.2, 0.25) is 0 Å². The van der Waals surface area contributed by atoms with Gasteiger partial charge in [-0.25, -0.2) is 0 Å². The van der Waals surface area contributed by atoms with Gasteiger partial charge in [0.1, 0.15) is 0 Å². The van der Waals surface area contributed by atoms with Gasteiger partial charge in [-0.05, 0) is 19.3 Å². The maximum Gasteiger partial charge on any atom is 0.0641 e. The Balaban J connectivity index is 2.49. The molecule has 1 fully saturated rings. The van der Waals surface area contributed by atoms with Crippen LogP contribution < -0.4 is 0 Å². The summed E-state index contributed by atoms with van der Waals surface area (Å²) >= 11 is 12.5. The summed E-state index contributed by atoms with van der Waals surface area (Å²) in [5.74, 6) is 0. The van der Waals surface area contributed by atoms with Crippen LogP contribution in [0.4, 0.5) is 0 Å².